The Hall–Kier alpha value is -2.79. The molecule has 2 aromatic rings. The van der Waals surface area contributed by atoms with E-state index >= 15 is 0 Å². The maximum atomic E-state index is 13.5. The van der Waals surface area contributed by atoms with E-state index in [2.05, 4.69) is 0 Å². The van der Waals surface area contributed by atoms with Crippen molar-refractivity contribution in [2.45, 2.75) is 26.3 Å². The first-order valence-corrected chi connectivity index (χ1v) is 9.97. The van der Waals surface area contributed by atoms with Crippen molar-refractivity contribution in [3.05, 3.63) is 70.8 Å². The summed E-state index contributed by atoms with van der Waals surface area (Å²) in [5.41, 5.74) is 3.11. The summed E-state index contributed by atoms with van der Waals surface area (Å²) in [5, 5.41) is 0. The Labute approximate surface area is 172 Å². The largest absolute Gasteiger partial charge is 0.328 e. The van der Waals surface area contributed by atoms with Crippen LogP contribution in [0.25, 0.3) is 0 Å². The SMILES string of the molecule is Cc1ccc(C)c(C(=O)C2C(=O)C(=O)N(CCCN(C)C)C2c2ccccc2)c1. The van der Waals surface area contributed by atoms with Gasteiger partial charge in [0.25, 0.3) is 5.91 Å². The second-order valence-electron chi connectivity index (χ2n) is 8.04. The van der Waals surface area contributed by atoms with E-state index in [4.69, 9.17) is 0 Å². The van der Waals surface area contributed by atoms with E-state index in [9.17, 15) is 14.4 Å². The van der Waals surface area contributed by atoms with Crippen LogP contribution < -0.4 is 0 Å². The molecule has 0 spiro atoms. The fourth-order valence-electron chi connectivity index (χ4n) is 3.98. The van der Waals surface area contributed by atoms with Crippen LogP contribution in [0.5, 0.6) is 0 Å². The molecule has 2 aromatic carbocycles. The molecule has 1 saturated heterocycles. The van der Waals surface area contributed by atoms with Gasteiger partial charge in [0, 0.05) is 12.1 Å². The number of carbonyl (C=O) groups excluding carboxylic acids is 3. The van der Waals surface area contributed by atoms with Gasteiger partial charge in [-0.05, 0) is 58.1 Å². The maximum absolute atomic E-state index is 13.5. The summed E-state index contributed by atoms with van der Waals surface area (Å²) in [7, 11) is 3.94. The van der Waals surface area contributed by atoms with Gasteiger partial charge < -0.3 is 9.80 Å². The molecule has 0 bridgehead atoms. The number of amides is 1. The number of nitrogens with zero attached hydrogens (tertiary/aromatic N) is 2. The predicted octanol–water partition coefficient (Wildman–Crippen LogP) is 3.21. The molecule has 0 N–H and O–H groups in total. The van der Waals surface area contributed by atoms with Gasteiger partial charge in [0.1, 0.15) is 5.92 Å². The highest BCUT2D eigenvalue weighted by Gasteiger charge is 2.51. The van der Waals surface area contributed by atoms with Gasteiger partial charge in [-0.2, -0.15) is 0 Å². The topological polar surface area (TPSA) is 57.7 Å². The average Bonchev–Trinajstić information content (AvgIpc) is 2.94. The third kappa shape index (κ3) is 4.30. The molecule has 0 aromatic heterocycles. The molecular weight excluding hydrogens is 364 g/mol. The first kappa shape index (κ1) is 20.9. The summed E-state index contributed by atoms with van der Waals surface area (Å²) in [6, 6.07) is 14.5. The van der Waals surface area contributed by atoms with Crippen LogP contribution in [0.1, 0.15) is 39.5 Å². The molecule has 0 radical (unpaired) electrons. The average molecular weight is 392 g/mol. The predicted molar refractivity (Wildman–Crippen MR) is 113 cm³/mol. The first-order valence-electron chi connectivity index (χ1n) is 9.97. The zero-order chi connectivity index (χ0) is 21.1. The molecule has 152 valence electrons. The summed E-state index contributed by atoms with van der Waals surface area (Å²) in [4.78, 5) is 43.0. The standard InChI is InChI=1S/C24H28N2O3/c1-16-11-12-17(2)19(15-16)22(27)20-21(18-9-6-5-7-10-18)26(24(29)23(20)28)14-8-13-25(3)4/h5-7,9-12,15,20-21H,8,13-14H2,1-4H3. The molecule has 1 heterocycles. The van der Waals surface area contributed by atoms with Crippen molar-refractivity contribution in [1.82, 2.24) is 9.80 Å². The van der Waals surface area contributed by atoms with E-state index in [1.165, 1.54) is 0 Å². The van der Waals surface area contributed by atoms with Crippen molar-refractivity contribution >= 4 is 17.5 Å². The Morgan fingerprint density at radius 3 is 2.38 bits per heavy atom. The maximum Gasteiger partial charge on any atom is 0.291 e. The zero-order valence-electron chi connectivity index (χ0n) is 17.5. The molecule has 29 heavy (non-hydrogen) atoms. The second kappa shape index (κ2) is 8.70. The quantitative estimate of drug-likeness (QED) is 0.412. The Morgan fingerprint density at radius 1 is 1.03 bits per heavy atom. The van der Waals surface area contributed by atoms with E-state index in [1.807, 2.05) is 81.4 Å². The Bertz CT molecular complexity index is 921. The summed E-state index contributed by atoms with van der Waals surface area (Å²) in [6.07, 6.45) is 0.736. The summed E-state index contributed by atoms with van der Waals surface area (Å²) < 4.78 is 0. The molecular formula is C24H28N2O3. The Balaban J connectivity index is 2.01. The lowest BCUT2D eigenvalue weighted by Gasteiger charge is -2.28. The van der Waals surface area contributed by atoms with Gasteiger partial charge in [-0.1, -0.05) is 48.0 Å². The molecule has 0 aliphatic carbocycles. The fraction of sp³-hybridized carbons (Fsp3) is 0.375. The highest BCUT2D eigenvalue weighted by Crippen LogP contribution is 2.38. The van der Waals surface area contributed by atoms with E-state index in [0.29, 0.717) is 12.1 Å². The third-order valence-electron chi connectivity index (χ3n) is 5.49. The first-order chi connectivity index (χ1) is 13.8. The van der Waals surface area contributed by atoms with E-state index in [-0.39, 0.29) is 5.78 Å². The molecule has 1 aliphatic rings. The second-order valence-corrected chi connectivity index (χ2v) is 8.04. The normalized spacial score (nSPS) is 19.3. The molecule has 2 atom stereocenters. The van der Waals surface area contributed by atoms with Crippen molar-refractivity contribution < 1.29 is 14.4 Å². The number of rotatable bonds is 7. The van der Waals surface area contributed by atoms with E-state index < -0.39 is 23.7 Å². The number of Topliss-reactive ketones (excluding diaryl/α,β-unsaturated/α-hetero) is 2. The van der Waals surface area contributed by atoms with Crippen LogP contribution in [0, 0.1) is 19.8 Å². The monoisotopic (exact) mass is 392 g/mol. The zero-order valence-corrected chi connectivity index (χ0v) is 17.5. The molecule has 1 amide bonds. The minimum Gasteiger partial charge on any atom is -0.328 e. The summed E-state index contributed by atoms with van der Waals surface area (Å²) in [5.74, 6) is -2.44. The lowest BCUT2D eigenvalue weighted by Crippen LogP contribution is -2.33. The van der Waals surface area contributed by atoms with Crippen LogP contribution in [0.15, 0.2) is 48.5 Å². The minimum atomic E-state index is -1.01. The smallest absolute Gasteiger partial charge is 0.291 e. The summed E-state index contributed by atoms with van der Waals surface area (Å²) >= 11 is 0. The number of hydrogen-bond acceptors (Lipinski definition) is 4. The van der Waals surface area contributed by atoms with Gasteiger partial charge >= 0.3 is 0 Å². The number of likely N-dealkylation sites (tertiary alicyclic amines) is 1. The highest BCUT2D eigenvalue weighted by molar-refractivity contribution is 6.44. The van der Waals surface area contributed by atoms with Crippen molar-refractivity contribution in [3.8, 4) is 0 Å². The van der Waals surface area contributed by atoms with Gasteiger partial charge in [-0.3, -0.25) is 14.4 Å². The molecule has 2 unspecified atom stereocenters. The molecule has 0 saturated carbocycles. The highest BCUT2D eigenvalue weighted by atomic mass is 16.2. The van der Waals surface area contributed by atoms with Crippen molar-refractivity contribution in [1.29, 1.82) is 0 Å². The lowest BCUT2D eigenvalue weighted by atomic mass is 9.84. The molecule has 5 heteroatoms. The minimum absolute atomic E-state index is 0.270. The molecule has 5 nitrogen and oxygen atoms in total. The number of ketones is 2. The van der Waals surface area contributed by atoms with E-state index in [1.54, 1.807) is 4.90 Å². The third-order valence-corrected chi connectivity index (χ3v) is 5.49. The van der Waals surface area contributed by atoms with Crippen LogP contribution in [0.2, 0.25) is 0 Å². The van der Waals surface area contributed by atoms with Crippen LogP contribution >= 0.6 is 0 Å². The van der Waals surface area contributed by atoms with Crippen LogP contribution in [0.3, 0.4) is 0 Å². The number of benzene rings is 2. The summed E-state index contributed by atoms with van der Waals surface area (Å²) in [6.45, 7) is 5.02. The van der Waals surface area contributed by atoms with Crippen LogP contribution in [-0.4, -0.2) is 54.5 Å². The Kier molecular flexibility index (Phi) is 6.28. The van der Waals surface area contributed by atoms with Crippen molar-refractivity contribution in [2.24, 2.45) is 5.92 Å². The lowest BCUT2D eigenvalue weighted by molar-refractivity contribution is -0.140. The number of carbonyl (C=O) groups is 3. The van der Waals surface area contributed by atoms with Gasteiger partial charge in [-0.15, -0.1) is 0 Å². The number of hydrogen-bond donors (Lipinski definition) is 0. The fourth-order valence-corrected chi connectivity index (χ4v) is 3.98. The van der Waals surface area contributed by atoms with Crippen molar-refractivity contribution in [2.75, 3.05) is 27.2 Å². The van der Waals surface area contributed by atoms with Crippen molar-refractivity contribution in [3.63, 3.8) is 0 Å². The molecule has 3 rings (SSSR count). The van der Waals surface area contributed by atoms with Gasteiger partial charge in [0.15, 0.2) is 5.78 Å². The van der Waals surface area contributed by atoms with Crippen LogP contribution in [-0.2, 0) is 9.59 Å². The van der Waals surface area contributed by atoms with Gasteiger partial charge in [-0.25, -0.2) is 0 Å². The van der Waals surface area contributed by atoms with Gasteiger partial charge in [0.2, 0.25) is 5.78 Å². The Morgan fingerprint density at radius 2 is 1.72 bits per heavy atom. The molecule has 1 aliphatic heterocycles. The molecule has 1 fully saturated rings. The van der Waals surface area contributed by atoms with Gasteiger partial charge in [0.05, 0.1) is 6.04 Å². The number of aryl methyl sites for hydroxylation is 2. The van der Waals surface area contributed by atoms with E-state index in [0.717, 1.165) is 29.7 Å². The van der Waals surface area contributed by atoms with Crippen LogP contribution in [0.4, 0.5) is 0 Å².